The van der Waals surface area contributed by atoms with E-state index < -0.39 is 0 Å². The molecule has 4 heteroatoms. The molecular formula is C3H3N2VW-. The number of hydrogen-bond donors (Lipinski definition) is 0. The number of aromatic nitrogens is 2. The molecule has 0 atom stereocenters. The molecule has 0 saturated heterocycles. The van der Waals surface area contributed by atoms with E-state index in [2.05, 4.69) is 10.2 Å². The molecule has 7 heavy (non-hydrogen) atoms. The average molecular weight is 302 g/mol. The van der Waals surface area contributed by atoms with Crippen LogP contribution in [0.15, 0.2) is 18.5 Å². The van der Waals surface area contributed by atoms with Crippen molar-refractivity contribution >= 4 is 0 Å². The van der Waals surface area contributed by atoms with E-state index in [0.717, 1.165) is 0 Å². The normalized spacial score (nSPS) is 5.71. The van der Waals surface area contributed by atoms with Crippen molar-refractivity contribution in [2.75, 3.05) is 0 Å². The third-order valence-corrected chi connectivity index (χ3v) is 0.372. The topological polar surface area (TPSA) is 27.0 Å². The van der Waals surface area contributed by atoms with Gasteiger partial charge in [0.15, 0.2) is 0 Å². The number of hydrogen-bond acceptors (Lipinski definition) is 1. The van der Waals surface area contributed by atoms with Crippen LogP contribution < -0.4 is 5.10 Å². The van der Waals surface area contributed by atoms with E-state index in [1.807, 2.05) is 0 Å². The maximum atomic E-state index is 3.47. The fourth-order valence-corrected chi connectivity index (χ4v) is 0.192. The van der Waals surface area contributed by atoms with E-state index in [4.69, 9.17) is 0 Å². The SMILES string of the molecule is [V].[W].c1cn[n-]c1. The summed E-state index contributed by atoms with van der Waals surface area (Å²) in [5, 5.41) is 6.94. The Balaban J connectivity index is 0. The minimum atomic E-state index is 0. The molecule has 1 aromatic rings. The largest absolute Gasteiger partial charge is 0.582 e. The number of nitrogens with zero attached hydrogens (tertiary/aromatic N) is 2. The van der Waals surface area contributed by atoms with Gasteiger partial charge in [-0.05, 0) is 0 Å². The van der Waals surface area contributed by atoms with Gasteiger partial charge in [0.1, 0.15) is 0 Å². The summed E-state index contributed by atoms with van der Waals surface area (Å²) in [5.41, 5.74) is 0. The van der Waals surface area contributed by atoms with Crippen LogP contribution in [0.5, 0.6) is 0 Å². The molecule has 1 rings (SSSR count). The van der Waals surface area contributed by atoms with Crippen molar-refractivity contribution in [2.24, 2.45) is 0 Å². The van der Waals surface area contributed by atoms with E-state index in [-0.39, 0.29) is 39.6 Å². The van der Waals surface area contributed by atoms with Gasteiger partial charge >= 0.3 is 0 Å². The van der Waals surface area contributed by atoms with Gasteiger partial charge in [0, 0.05) is 45.8 Å². The van der Waals surface area contributed by atoms with Crippen LogP contribution in [-0.4, -0.2) is 5.10 Å². The first-order valence-electron chi connectivity index (χ1n) is 1.38. The minimum Gasteiger partial charge on any atom is -0.582 e. The van der Waals surface area contributed by atoms with Gasteiger partial charge in [-0.15, -0.1) is 0 Å². The van der Waals surface area contributed by atoms with E-state index in [1.54, 1.807) is 18.5 Å². The monoisotopic (exact) mass is 302 g/mol. The van der Waals surface area contributed by atoms with Crippen LogP contribution in [-0.2, 0) is 39.6 Å². The Morgan fingerprint density at radius 2 is 2.14 bits per heavy atom. The minimum absolute atomic E-state index is 0. The van der Waals surface area contributed by atoms with Crippen molar-refractivity contribution in [2.45, 2.75) is 0 Å². The summed E-state index contributed by atoms with van der Waals surface area (Å²) < 4.78 is 0. The maximum Gasteiger partial charge on any atom is 0.00194 e. The second kappa shape index (κ2) is 6.48. The molecule has 0 aliphatic carbocycles. The second-order valence-corrected chi connectivity index (χ2v) is 0.722. The van der Waals surface area contributed by atoms with Gasteiger partial charge in [-0.25, -0.2) is 0 Å². The van der Waals surface area contributed by atoms with E-state index >= 15 is 0 Å². The molecule has 0 aliphatic heterocycles. The van der Waals surface area contributed by atoms with Gasteiger partial charge in [-0.3, -0.25) is 0 Å². The maximum absolute atomic E-state index is 3.47. The Bertz CT molecular complexity index is 69.4. The van der Waals surface area contributed by atoms with Gasteiger partial charge in [-0.1, -0.05) is 6.07 Å². The summed E-state index contributed by atoms with van der Waals surface area (Å²) in [6.45, 7) is 0. The summed E-state index contributed by atoms with van der Waals surface area (Å²) in [7, 11) is 0. The summed E-state index contributed by atoms with van der Waals surface area (Å²) in [5.74, 6) is 0. The van der Waals surface area contributed by atoms with E-state index in [9.17, 15) is 0 Å². The van der Waals surface area contributed by atoms with E-state index in [1.165, 1.54) is 0 Å². The molecule has 2 nitrogen and oxygen atoms in total. The van der Waals surface area contributed by atoms with Crippen LogP contribution in [0.2, 0.25) is 0 Å². The molecule has 0 aliphatic rings. The fraction of sp³-hybridized carbons (Fsp3) is 0. The Labute approximate surface area is 68.2 Å². The fourth-order valence-electron chi connectivity index (χ4n) is 0.192. The molecule has 0 aromatic carbocycles. The van der Waals surface area contributed by atoms with Crippen LogP contribution in [0.3, 0.4) is 0 Å². The zero-order valence-electron chi connectivity index (χ0n) is 3.48. The Kier molecular flexibility index (Phi) is 9.69. The van der Waals surface area contributed by atoms with Gasteiger partial charge < -0.3 is 10.2 Å². The molecule has 1 heterocycles. The summed E-state index contributed by atoms with van der Waals surface area (Å²) in [4.78, 5) is 0. The quantitative estimate of drug-likeness (QED) is 0.676. The molecule has 1 radical (unpaired) electrons. The van der Waals surface area contributed by atoms with Crippen LogP contribution in [0.1, 0.15) is 0 Å². The third kappa shape index (κ3) is 4.33. The summed E-state index contributed by atoms with van der Waals surface area (Å²) in [6.07, 6.45) is 3.28. The molecule has 0 spiro atoms. The van der Waals surface area contributed by atoms with Crippen molar-refractivity contribution < 1.29 is 39.6 Å². The second-order valence-electron chi connectivity index (χ2n) is 0.722. The zero-order valence-corrected chi connectivity index (χ0v) is 7.81. The van der Waals surface area contributed by atoms with Crippen molar-refractivity contribution in [3.63, 3.8) is 0 Å². The number of rotatable bonds is 0. The van der Waals surface area contributed by atoms with Crippen LogP contribution >= 0.6 is 0 Å². The molecule has 0 bridgehead atoms. The zero-order chi connectivity index (χ0) is 3.54. The van der Waals surface area contributed by atoms with Gasteiger partial charge in [0.05, 0.1) is 0 Å². The van der Waals surface area contributed by atoms with Gasteiger partial charge in [0.2, 0.25) is 0 Å². The molecule has 37 valence electrons. The molecule has 0 amide bonds. The van der Waals surface area contributed by atoms with Crippen LogP contribution in [0, 0.1) is 0 Å². The predicted octanol–water partition coefficient (Wildman–Crippen LogP) is 0.0338. The van der Waals surface area contributed by atoms with Crippen molar-refractivity contribution in [1.82, 2.24) is 10.2 Å². The average Bonchev–Trinajstić information content (AvgIpc) is 1.76. The van der Waals surface area contributed by atoms with Crippen molar-refractivity contribution in [1.29, 1.82) is 0 Å². The Morgan fingerprint density at radius 1 is 1.43 bits per heavy atom. The molecule has 1 aromatic heterocycles. The predicted molar refractivity (Wildman–Crippen MR) is 17.6 cm³/mol. The van der Waals surface area contributed by atoms with Gasteiger partial charge in [0.25, 0.3) is 0 Å². The van der Waals surface area contributed by atoms with Crippen LogP contribution in [0.4, 0.5) is 0 Å². The standard InChI is InChI=1S/C3H3N2.V.W/c1-2-4-5-3-1;;/h1-3H;;/q-1;;. The Hall–Kier alpha value is 0.483. The van der Waals surface area contributed by atoms with Crippen LogP contribution in [0.25, 0.3) is 0 Å². The molecule has 0 fully saturated rings. The summed E-state index contributed by atoms with van der Waals surface area (Å²) >= 11 is 0. The first-order valence-corrected chi connectivity index (χ1v) is 1.38. The van der Waals surface area contributed by atoms with Gasteiger partial charge in [-0.2, -0.15) is 6.20 Å². The Morgan fingerprint density at radius 3 is 2.29 bits per heavy atom. The molecular weight excluding hydrogens is 299 g/mol. The third-order valence-electron chi connectivity index (χ3n) is 0.372. The van der Waals surface area contributed by atoms with Crippen molar-refractivity contribution in [3.05, 3.63) is 18.5 Å². The molecule has 0 saturated carbocycles. The van der Waals surface area contributed by atoms with E-state index in [0.29, 0.717) is 0 Å². The first-order chi connectivity index (χ1) is 2.50. The first kappa shape index (κ1) is 10.5. The summed E-state index contributed by atoms with van der Waals surface area (Å²) in [6, 6.07) is 1.78. The molecule has 0 N–H and O–H groups in total. The van der Waals surface area contributed by atoms with Crippen molar-refractivity contribution in [3.8, 4) is 0 Å². The molecule has 0 unspecified atom stereocenters. The smallest absolute Gasteiger partial charge is 0.00194 e.